The van der Waals surface area contributed by atoms with Gasteiger partial charge in [-0.2, -0.15) is 4.98 Å². The van der Waals surface area contributed by atoms with Crippen LogP contribution in [0.3, 0.4) is 0 Å². The Hall–Kier alpha value is -2.09. The maximum atomic E-state index is 11.7. The van der Waals surface area contributed by atoms with E-state index in [0.717, 1.165) is 6.42 Å². The lowest BCUT2D eigenvalue weighted by molar-refractivity contribution is 0.292. The van der Waals surface area contributed by atoms with Crippen molar-refractivity contribution in [3.63, 3.8) is 0 Å². The van der Waals surface area contributed by atoms with E-state index >= 15 is 0 Å². The van der Waals surface area contributed by atoms with Gasteiger partial charge in [0.15, 0.2) is 11.2 Å². The van der Waals surface area contributed by atoms with Crippen molar-refractivity contribution in [1.29, 1.82) is 0 Å². The van der Waals surface area contributed by atoms with Gasteiger partial charge in [-0.3, -0.25) is 14.3 Å². The average Bonchev–Trinajstić information content (AvgIpc) is 2.79. The van der Waals surface area contributed by atoms with E-state index in [1.54, 1.807) is 0 Å². The molecule has 104 valence electrons. The third kappa shape index (κ3) is 2.68. The summed E-state index contributed by atoms with van der Waals surface area (Å²) in [4.78, 5) is 32.7. The fourth-order valence-electron chi connectivity index (χ4n) is 1.84. The van der Waals surface area contributed by atoms with E-state index in [2.05, 4.69) is 20.3 Å². The van der Waals surface area contributed by atoms with Gasteiger partial charge in [-0.25, -0.2) is 4.79 Å². The summed E-state index contributed by atoms with van der Waals surface area (Å²) in [6, 6.07) is 0. The van der Waals surface area contributed by atoms with Crippen molar-refractivity contribution < 1.29 is 5.11 Å². The number of hydrogen-bond donors (Lipinski definition) is 4. The van der Waals surface area contributed by atoms with Crippen LogP contribution in [0.4, 0.5) is 5.95 Å². The van der Waals surface area contributed by atoms with Crippen LogP contribution in [-0.2, 0) is 6.54 Å². The molecule has 19 heavy (non-hydrogen) atoms. The van der Waals surface area contributed by atoms with Crippen molar-refractivity contribution in [2.24, 2.45) is 0 Å². The number of aromatic amines is 2. The van der Waals surface area contributed by atoms with Gasteiger partial charge in [0.1, 0.15) is 0 Å². The molecule has 0 aliphatic carbocycles. The molecule has 0 unspecified atom stereocenters. The summed E-state index contributed by atoms with van der Waals surface area (Å²) in [5.41, 5.74) is -0.301. The van der Waals surface area contributed by atoms with Crippen molar-refractivity contribution >= 4 is 17.1 Å². The van der Waals surface area contributed by atoms with Crippen molar-refractivity contribution in [3.8, 4) is 0 Å². The van der Waals surface area contributed by atoms with Crippen molar-refractivity contribution in [3.05, 3.63) is 20.8 Å². The zero-order chi connectivity index (χ0) is 13.8. The van der Waals surface area contributed by atoms with Gasteiger partial charge in [-0.15, -0.1) is 0 Å². The molecule has 2 aromatic heterocycles. The molecule has 0 saturated heterocycles. The highest BCUT2D eigenvalue weighted by Crippen LogP contribution is 2.09. The van der Waals surface area contributed by atoms with E-state index in [1.165, 1.54) is 4.57 Å². The van der Waals surface area contributed by atoms with Gasteiger partial charge >= 0.3 is 5.69 Å². The molecule has 0 spiro atoms. The molecule has 0 fully saturated rings. The van der Waals surface area contributed by atoms with Gasteiger partial charge < -0.3 is 15.4 Å². The summed E-state index contributed by atoms with van der Waals surface area (Å²) < 4.78 is 1.43. The van der Waals surface area contributed by atoms with Crippen LogP contribution in [0.15, 0.2) is 9.59 Å². The first-order valence-corrected chi connectivity index (χ1v) is 6.25. The molecule has 0 amide bonds. The van der Waals surface area contributed by atoms with E-state index in [4.69, 9.17) is 5.11 Å². The maximum absolute atomic E-state index is 11.7. The maximum Gasteiger partial charge on any atom is 0.330 e. The first-order valence-electron chi connectivity index (χ1n) is 6.25. The minimum absolute atomic E-state index is 0.0777. The van der Waals surface area contributed by atoms with Gasteiger partial charge in [0.2, 0.25) is 5.95 Å². The van der Waals surface area contributed by atoms with Gasteiger partial charge in [0, 0.05) is 19.7 Å². The average molecular weight is 267 g/mol. The Balaban J connectivity index is 2.45. The zero-order valence-corrected chi connectivity index (χ0v) is 10.7. The Labute approximate surface area is 108 Å². The van der Waals surface area contributed by atoms with Gasteiger partial charge in [-0.1, -0.05) is 6.92 Å². The Morgan fingerprint density at radius 1 is 1.37 bits per heavy atom. The summed E-state index contributed by atoms with van der Waals surface area (Å²) in [5.74, 6) is 0.421. The number of hydrogen-bond acceptors (Lipinski definition) is 5. The molecule has 2 aromatic rings. The van der Waals surface area contributed by atoms with Crippen molar-refractivity contribution in [2.45, 2.75) is 26.3 Å². The summed E-state index contributed by atoms with van der Waals surface area (Å²) >= 11 is 0. The highest BCUT2D eigenvalue weighted by molar-refractivity contribution is 5.72. The molecule has 2 heterocycles. The van der Waals surface area contributed by atoms with Crippen LogP contribution in [0.2, 0.25) is 0 Å². The van der Waals surface area contributed by atoms with E-state index in [9.17, 15) is 9.59 Å². The van der Waals surface area contributed by atoms with E-state index in [0.29, 0.717) is 31.1 Å². The predicted molar refractivity (Wildman–Crippen MR) is 71.5 cm³/mol. The minimum atomic E-state index is -0.477. The largest absolute Gasteiger partial charge is 0.396 e. The molecular formula is C11H17N5O3. The summed E-state index contributed by atoms with van der Waals surface area (Å²) in [6.45, 7) is 3.05. The van der Waals surface area contributed by atoms with Crippen LogP contribution >= 0.6 is 0 Å². The summed E-state index contributed by atoms with van der Waals surface area (Å²) in [6.07, 6.45) is 1.34. The Morgan fingerprint density at radius 2 is 2.16 bits per heavy atom. The standard InChI is InChI=1S/C11H17N5O3/c1-2-5-16-8-7(9(18)15-11(16)19)13-10(14-8)12-4-3-6-17/h17H,2-6H2,1H3,(H2,12,13,14)(H,15,18,19). The second-order valence-electron chi connectivity index (χ2n) is 4.20. The molecule has 8 nitrogen and oxygen atoms in total. The number of imidazole rings is 1. The van der Waals surface area contributed by atoms with E-state index in [1.807, 2.05) is 6.92 Å². The monoisotopic (exact) mass is 267 g/mol. The van der Waals surface area contributed by atoms with Crippen LogP contribution in [-0.4, -0.2) is 37.8 Å². The predicted octanol–water partition coefficient (Wildman–Crippen LogP) is -0.383. The second-order valence-corrected chi connectivity index (χ2v) is 4.20. The Morgan fingerprint density at radius 3 is 2.84 bits per heavy atom. The summed E-state index contributed by atoms with van der Waals surface area (Å²) in [5, 5.41) is 11.7. The van der Waals surface area contributed by atoms with E-state index < -0.39 is 11.2 Å². The van der Waals surface area contributed by atoms with Gasteiger partial charge in [-0.05, 0) is 12.8 Å². The molecule has 8 heteroatoms. The molecule has 0 radical (unpaired) electrons. The first kappa shape index (κ1) is 13.3. The lowest BCUT2D eigenvalue weighted by atomic mass is 10.4. The molecular weight excluding hydrogens is 250 g/mol. The number of anilines is 1. The number of rotatable bonds is 6. The number of aliphatic hydroxyl groups excluding tert-OH is 1. The second kappa shape index (κ2) is 5.70. The molecule has 0 aromatic carbocycles. The van der Waals surface area contributed by atoms with Crippen LogP contribution in [0.25, 0.3) is 11.2 Å². The van der Waals surface area contributed by atoms with Crippen LogP contribution in [0.5, 0.6) is 0 Å². The summed E-state index contributed by atoms with van der Waals surface area (Å²) in [7, 11) is 0. The Kier molecular flexibility index (Phi) is 4.00. The fourth-order valence-corrected chi connectivity index (χ4v) is 1.84. The molecule has 0 saturated carbocycles. The van der Waals surface area contributed by atoms with Crippen LogP contribution in [0.1, 0.15) is 19.8 Å². The van der Waals surface area contributed by atoms with E-state index in [-0.39, 0.29) is 12.1 Å². The number of fused-ring (bicyclic) bond motifs is 1. The first-order chi connectivity index (χ1) is 9.17. The minimum Gasteiger partial charge on any atom is -0.396 e. The van der Waals surface area contributed by atoms with Gasteiger partial charge in [0.05, 0.1) is 0 Å². The number of aryl methyl sites for hydroxylation is 1. The molecule has 0 aliphatic heterocycles. The van der Waals surface area contributed by atoms with Crippen molar-refractivity contribution in [1.82, 2.24) is 19.5 Å². The third-order valence-electron chi connectivity index (χ3n) is 2.71. The molecule has 0 atom stereocenters. The number of nitrogens with zero attached hydrogens (tertiary/aromatic N) is 2. The quantitative estimate of drug-likeness (QED) is 0.532. The topological polar surface area (TPSA) is 116 Å². The third-order valence-corrected chi connectivity index (χ3v) is 2.71. The Bertz CT molecular complexity index is 669. The zero-order valence-electron chi connectivity index (χ0n) is 10.7. The molecule has 2 rings (SSSR count). The highest BCUT2D eigenvalue weighted by Gasteiger charge is 2.11. The smallest absolute Gasteiger partial charge is 0.330 e. The molecule has 0 bridgehead atoms. The number of nitrogens with one attached hydrogen (secondary N) is 3. The number of aliphatic hydroxyl groups is 1. The lowest BCUT2D eigenvalue weighted by Crippen LogP contribution is -2.30. The number of aromatic nitrogens is 4. The number of H-pyrrole nitrogens is 2. The van der Waals surface area contributed by atoms with Gasteiger partial charge in [0.25, 0.3) is 5.56 Å². The normalized spacial score (nSPS) is 11.1. The van der Waals surface area contributed by atoms with Crippen LogP contribution < -0.4 is 16.6 Å². The SMILES string of the molecule is CCCn1c(=O)[nH]c(=O)c2[nH]c(NCCCO)nc21. The van der Waals surface area contributed by atoms with Crippen molar-refractivity contribution in [2.75, 3.05) is 18.5 Å². The highest BCUT2D eigenvalue weighted by atomic mass is 16.3. The lowest BCUT2D eigenvalue weighted by Gasteiger charge is -2.02. The fraction of sp³-hybridized carbons (Fsp3) is 0.545. The molecule has 0 aliphatic rings. The molecule has 4 N–H and O–H groups in total. The van der Waals surface area contributed by atoms with Crippen LogP contribution in [0, 0.1) is 0 Å².